The van der Waals surface area contributed by atoms with E-state index in [4.69, 9.17) is 0 Å². The molecule has 1 aromatic rings. The fraction of sp³-hybridized carbons (Fsp3) is 0.500. The minimum atomic E-state index is -0.724. The Morgan fingerprint density at radius 3 is 1.93 bits per heavy atom. The van der Waals surface area contributed by atoms with Gasteiger partial charge in [-0.2, -0.15) is 0 Å². The van der Waals surface area contributed by atoms with E-state index >= 15 is 0 Å². The van der Waals surface area contributed by atoms with Gasteiger partial charge in [-0.1, -0.05) is 26.0 Å². The molecule has 0 aliphatic rings. The second kappa shape index (κ2) is 5.76. The quantitative estimate of drug-likeness (QED) is 0.774. The van der Waals surface area contributed by atoms with Crippen LogP contribution in [0.25, 0.3) is 0 Å². The van der Waals surface area contributed by atoms with E-state index in [2.05, 4.69) is 0 Å². The van der Waals surface area contributed by atoms with Crippen LogP contribution in [0.4, 0.5) is 4.39 Å². The van der Waals surface area contributed by atoms with E-state index in [9.17, 15) is 9.50 Å². The molecule has 0 spiro atoms. The number of rotatable bonds is 2. The zero-order chi connectivity index (χ0) is 11.2. The maximum atomic E-state index is 12.5. The first-order chi connectivity index (χ1) is 6.47. The molecule has 14 heavy (non-hydrogen) atoms. The Balaban J connectivity index is 0.000000791. The molecule has 0 atom stereocenters. The average molecular weight is 198 g/mol. The topological polar surface area (TPSA) is 20.2 Å². The lowest BCUT2D eigenvalue weighted by Gasteiger charge is -2.16. The molecule has 1 nitrogen and oxygen atoms in total. The molecule has 0 aliphatic heterocycles. The smallest absolute Gasteiger partial charge is 0.123 e. The van der Waals surface area contributed by atoms with Crippen molar-refractivity contribution in [3.63, 3.8) is 0 Å². The Labute approximate surface area is 85.6 Å². The lowest BCUT2D eigenvalue weighted by molar-refractivity contribution is 0.0810. The lowest BCUT2D eigenvalue weighted by atomic mass is 9.99. The highest BCUT2D eigenvalue weighted by Gasteiger charge is 2.12. The fourth-order valence-electron chi connectivity index (χ4n) is 1.10. The van der Waals surface area contributed by atoms with Gasteiger partial charge in [0.05, 0.1) is 5.60 Å². The van der Waals surface area contributed by atoms with E-state index < -0.39 is 5.60 Å². The molecule has 2 heteroatoms. The third-order valence-electron chi connectivity index (χ3n) is 1.55. The fourth-order valence-corrected chi connectivity index (χ4v) is 1.10. The van der Waals surface area contributed by atoms with Crippen molar-refractivity contribution in [2.75, 3.05) is 0 Å². The van der Waals surface area contributed by atoms with Crippen molar-refractivity contribution in [1.82, 2.24) is 0 Å². The van der Waals surface area contributed by atoms with Gasteiger partial charge in [0.15, 0.2) is 0 Å². The number of hydrogen-bond donors (Lipinski definition) is 1. The van der Waals surface area contributed by atoms with Gasteiger partial charge in [0.1, 0.15) is 5.82 Å². The van der Waals surface area contributed by atoms with Crippen LogP contribution < -0.4 is 0 Å². The van der Waals surface area contributed by atoms with Crippen LogP contribution >= 0.6 is 0 Å². The largest absolute Gasteiger partial charge is 0.390 e. The van der Waals surface area contributed by atoms with Crippen molar-refractivity contribution < 1.29 is 9.50 Å². The molecule has 0 amide bonds. The second-order valence-electron chi connectivity index (χ2n) is 3.62. The Morgan fingerprint density at radius 2 is 1.57 bits per heavy atom. The molecule has 0 aromatic heterocycles. The Morgan fingerprint density at radius 1 is 1.14 bits per heavy atom. The van der Waals surface area contributed by atoms with E-state index in [1.165, 1.54) is 12.1 Å². The molecule has 0 radical (unpaired) electrons. The van der Waals surface area contributed by atoms with E-state index in [0.29, 0.717) is 6.42 Å². The highest BCUT2D eigenvalue weighted by molar-refractivity contribution is 5.17. The van der Waals surface area contributed by atoms with Crippen molar-refractivity contribution in [3.8, 4) is 0 Å². The first-order valence-electron chi connectivity index (χ1n) is 4.94. The molecule has 0 saturated carbocycles. The van der Waals surface area contributed by atoms with Crippen LogP contribution in [0.15, 0.2) is 24.3 Å². The summed E-state index contributed by atoms with van der Waals surface area (Å²) in [6, 6.07) is 6.18. The van der Waals surface area contributed by atoms with Crippen molar-refractivity contribution in [2.24, 2.45) is 0 Å². The molecule has 1 N–H and O–H groups in total. The third kappa shape index (κ3) is 5.70. The summed E-state index contributed by atoms with van der Waals surface area (Å²) in [6.45, 7) is 7.46. The first kappa shape index (κ1) is 13.1. The van der Waals surface area contributed by atoms with Gasteiger partial charge in [-0.05, 0) is 31.5 Å². The Kier molecular flexibility index (Phi) is 5.39. The molecule has 0 saturated heterocycles. The van der Waals surface area contributed by atoms with Crippen LogP contribution in [0.2, 0.25) is 0 Å². The average Bonchev–Trinajstić information content (AvgIpc) is 2.10. The van der Waals surface area contributed by atoms with Gasteiger partial charge in [0, 0.05) is 6.42 Å². The molecule has 0 heterocycles. The molecule has 0 aliphatic carbocycles. The van der Waals surface area contributed by atoms with Crippen LogP contribution in [0.3, 0.4) is 0 Å². The summed E-state index contributed by atoms with van der Waals surface area (Å²) in [4.78, 5) is 0. The van der Waals surface area contributed by atoms with E-state index in [1.54, 1.807) is 26.0 Å². The Bertz CT molecular complexity index is 246. The zero-order valence-electron chi connectivity index (χ0n) is 9.34. The lowest BCUT2D eigenvalue weighted by Crippen LogP contribution is -2.21. The summed E-state index contributed by atoms with van der Waals surface area (Å²) in [7, 11) is 0. The van der Waals surface area contributed by atoms with Gasteiger partial charge in [0.2, 0.25) is 0 Å². The van der Waals surface area contributed by atoms with Gasteiger partial charge in [-0.15, -0.1) is 0 Å². The molecule has 0 bridgehead atoms. The van der Waals surface area contributed by atoms with Crippen LogP contribution in [-0.2, 0) is 6.42 Å². The summed E-state index contributed by atoms with van der Waals surface area (Å²) in [6.07, 6.45) is 0.549. The summed E-state index contributed by atoms with van der Waals surface area (Å²) < 4.78 is 12.5. The second-order valence-corrected chi connectivity index (χ2v) is 3.62. The number of aliphatic hydroxyl groups is 1. The highest BCUT2D eigenvalue weighted by atomic mass is 19.1. The maximum Gasteiger partial charge on any atom is 0.123 e. The maximum absolute atomic E-state index is 12.5. The molecular formula is C12H19FO. The summed E-state index contributed by atoms with van der Waals surface area (Å²) >= 11 is 0. The zero-order valence-corrected chi connectivity index (χ0v) is 9.34. The first-order valence-corrected chi connectivity index (χ1v) is 4.94. The van der Waals surface area contributed by atoms with Gasteiger partial charge >= 0.3 is 0 Å². The molecule has 1 aromatic carbocycles. The number of halogens is 1. The molecule has 1 rings (SSSR count). The summed E-state index contributed by atoms with van der Waals surface area (Å²) in [5.74, 6) is -0.241. The van der Waals surface area contributed by atoms with Crippen LogP contribution in [0.5, 0.6) is 0 Å². The Hall–Kier alpha value is -0.890. The van der Waals surface area contributed by atoms with Crippen LogP contribution in [0.1, 0.15) is 33.3 Å². The van der Waals surface area contributed by atoms with Gasteiger partial charge < -0.3 is 5.11 Å². The molecular weight excluding hydrogens is 179 g/mol. The third-order valence-corrected chi connectivity index (χ3v) is 1.55. The van der Waals surface area contributed by atoms with Gasteiger partial charge in [-0.3, -0.25) is 0 Å². The summed E-state index contributed by atoms with van der Waals surface area (Å²) in [5.41, 5.74) is 0.224. The monoisotopic (exact) mass is 198 g/mol. The van der Waals surface area contributed by atoms with Crippen molar-refractivity contribution in [1.29, 1.82) is 0 Å². The summed E-state index contributed by atoms with van der Waals surface area (Å²) in [5, 5.41) is 9.45. The van der Waals surface area contributed by atoms with Gasteiger partial charge in [-0.25, -0.2) is 4.39 Å². The van der Waals surface area contributed by atoms with Crippen LogP contribution in [0, 0.1) is 5.82 Å². The van der Waals surface area contributed by atoms with Gasteiger partial charge in [0.25, 0.3) is 0 Å². The SMILES string of the molecule is CC.CC(C)(O)Cc1ccc(F)cc1. The van der Waals surface area contributed by atoms with E-state index in [-0.39, 0.29) is 5.82 Å². The van der Waals surface area contributed by atoms with Crippen LogP contribution in [-0.4, -0.2) is 10.7 Å². The predicted molar refractivity (Wildman–Crippen MR) is 57.7 cm³/mol. The minimum absolute atomic E-state index is 0.241. The van der Waals surface area contributed by atoms with E-state index in [0.717, 1.165) is 5.56 Å². The standard InChI is InChI=1S/C10H13FO.C2H6/c1-10(2,12)7-8-3-5-9(11)6-4-8;1-2/h3-6,12H,7H2,1-2H3;1-2H3. The molecule has 80 valence electrons. The van der Waals surface area contributed by atoms with Crippen molar-refractivity contribution >= 4 is 0 Å². The number of benzene rings is 1. The van der Waals surface area contributed by atoms with Crippen molar-refractivity contribution in [2.45, 2.75) is 39.7 Å². The molecule has 0 unspecified atom stereocenters. The van der Waals surface area contributed by atoms with Crippen molar-refractivity contribution in [3.05, 3.63) is 35.6 Å². The number of hydrogen-bond acceptors (Lipinski definition) is 1. The molecule has 0 fully saturated rings. The van der Waals surface area contributed by atoms with E-state index in [1.807, 2.05) is 13.8 Å². The predicted octanol–water partition coefficient (Wildman–Crippen LogP) is 3.17. The normalized spacial score (nSPS) is 10.4. The highest BCUT2D eigenvalue weighted by Crippen LogP contribution is 2.12. The minimum Gasteiger partial charge on any atom is -0.390 e.